The van der Waals surface area contributed by atoms with Crippen molar-refractivity contribution in [1.29, 1.82) is 0 Å². The SMILES string of the molecule is Cc1nn(C(c2ccccc2)(c2ccccc2)c2ccccc2)c2cc([N+](=O)[O-])ccc12. The molecule has 0 spiro atoms. The van der Waals surface area contributed by atoms with Crippen molar-refractivity contribution in [3.63, 3.8) is 0 Å². The lowest BCUT2D eigenvalue weighted by atomic mass is 9.77. The predicted molar refractivity (Wildman–Crippen MR) is 126 cm³/mol. The van der Waals surface area contributed by atoms with Gasteiger partial charge >= 0.3 is 0 Å². The van der Waals surface area contributed by atoms with Crippen LogP contribution in [0, 0.1) is 17.0 Å². The van der Waals surface area contributed by atoms with Crippen LogP contribution in [0.1, 0.15) is 22.4 Å². The van der Waals surface area contributed by atoms with E-state index < -0.39 is 5.54 Å². The molecule has 0 bridgehead atoms. The summed E-state index contributed by atoms with van der Waals surface area (Å²) in [5.41, 5.74) is 3.83. The smallest absolute Gasteiger partial charge is 0.258 e. The minimum atomic E-state index is -0.814. The summed E-state index contributed by atoms with van der Waals surface area (Å²) in [5.74, 6) is 0. The lowest BCUT2D eigenvalue weighted by Gasteiger charge is -2.37. The van der Waals surface area contributed by atoms with Crippen LogP contribution in [-0.4, -0.2) is 14.7 Å². The summed E-state index contributed by atoms with van der Waals surface area (Å²) >= 11 is 0. The third-order valence-electron chi connectivity index (χ3n) is 5.95. The van der Waals surface area contributed by atoms with Crippen molar-refractivity contribution in [2.75, 3.05) is 0 Å². The molecule has 0 unspecified atom stereocenters. The van der Waals surface area contributed by atoms with Crippen LogP contribution in [-0.2, 0) is 5.54 Å². The summed E-state index contributed by atoms with van der Waals surface area (Å²) < 4.78 is 1.95. The number of nitro groups is 1. The van der Waals surface area contributed by atoms with Crippen LogP contribution in [0.5, 0.6) is 0 Å². The highest BCUT2D eigenvalue weighted by Gasteiger charge is 2.40. The first-order valence-electron chi connectivity index (χ1n) is 10.4. The molecule has 5 nitrogen and oxygen atoms in total. The molecule has 0 radical (unpaired) electrons. The molecule has 5 aromatic rings. The number of benzene rings is 4. The Bertz CT molecular complexity index is 1300. The minimum Gasteiger partial charge on any atom is -0.258 e. The molecule has 0 atom stereocenters. The molecule has 5 heteroatoms. The third-order valence-corrected chi connectivity index (χ3v) is 5.95. The van der Waals surface area contributed by atoms with E-state index in [2.05, 4.69) is 36.4 Å². The molecule has 5 rings (SSSR count). The minimum absolute atomic E-state index is 0.0433. The van der Waals surface area contributed by atoms with Gasteiger partial charge in [0.15, 0.2) is 0 Å². The normalized spacial score (nSPS) is 11.5. The third kappa shape index (κ3) is 2.98. The van der Waals surface area contributed by atoms with E-state index in [-0.39, 0.29) is 10.6 Å². The molecule has 156 valence electrons. The maximum absolute atomic E-state index is 11.6. The van der Waals surface area contributed by atoms with Gasteiger partial charge in [-0.05, 0) is 29.7 Å². The fraction of sp³-hybridized carbons (Fsp3) is 0.0741. The molecular weight excluding hydrogens is 398 g/mol. The average Bonchev–Trinajstić information content (AvgIpc) is 3.18. The van der Waals surface area contributed by atoms with Crippen molar-refractivity contribution in [1.82, 2.24) is 9.78 Å². The number of hydrogen-bond acceptors (Lipinski definition) is 3. The van der Waals surface area contributed by atoms with Gasteiger partial charge in [0, 0.05) is 17.5 Å². The van der Waals surface area contributed by atoms with Gasteiger partial charge in [-0.3, -0.25) is 10.1 Å². The Morgan fingerprint density at radius 2 is 1.22 bits per heavy atom. The van der Waals surface area contributed by atoms with Crippen LogP contribution in [0.15, 0.2) is 109 Å². The molecular formula is C27H21N3O2. The summed E-state index contributed by atoms with van der Waals surface area (Å²) in [7, 11) is 0. The molecule has 0 aliphatic rings. The molecule has 0 aliphatic carbocycles. The quantitative estimate of drug-likeness (QED) is 0.197. The first-order chi connectivity index (χ1) is 15.6. The van der Waals surface area contributed by atoms with Gasteiger partial charge in [-0.2, -0.15) is 5.10 Å². The fourth-order valence-electron chi connectivity index (χ4n) is 4.53. The molecule has 1 aromatic heterocycles. The fourth-order valence-corrected chi connectivity index (χ4v) is 4.53. The highest BCUT2D eigenvalue weighted by atomic mass is 16.6. The monoisotopic (exact) mass is 419 g/mol. The van der Waals surface area contributed by atoms with E-state index in [9.17, 15) is 10.1 Å². The van der Waals surface area contributed by atoms with E-state index in [4.69, 9.17) is 5.10 Å². The largest absolute Gasteiger partial charge is 0.271 e. The Hall–Kier alpha value is -4.25. The summed E-state index contributed by atoms with van der Waals surface area (Å²) in [6.45, 7) is 1.94. The first kappa shape index (κ1) is 19.7. The van der Waals surface area contributed by atoms with Gasteiger partial charge in [0.1, 0.15) is 5.54 Å². The van der Waals surface area contributed by atoms with Crippen molar-refractivity contribution < 1.29 is 4.92 Å². The Morgan fingerprint density at radius 3 is 1.66 bits per heavy atom. The van der Waals surface area contributed by atoms with Gasteiger partial charge in [-0.1, -0.05) is 91.0 Å². The zero-order chi connectivity index (χ0) is 22.1. The molecule has 0 saturated heterocycles. The number of aromatic nitrogens is 2. The Labute approximate surface area is 185 Å². The first-order valence-corrected chi connectivity index (χ1v) is 10.4. The van der Waals surface area contributed by atoms with Crippen molar-refractivity contribution >= 4 is 16.6 Å². The summed E-state index contributed by atoms with van der Waals surface area (Å²) in [5, 5.41) is 17.5. The number of nitro benzene ring substituents is 1. The molecule has 32 heavy (non-hydrogen) atoms. The predicted octanol–water partition coefficient (Wildman–Crippen LogP) is 6.09. The lowest BCUT2D eigenvalue weighted by molar-refractivity contribution is -0.384. The maximum Gasteiger partial charge on any atom is 0.271 e. The highest BCUT2D eigenvalue weighted by Crippen LogP contribution is 2.43. The molecule has 0 N–H and O–H groups in total. The molecule has 1 heterocycles. The van der Waals surface area contributed by atoms with Gasteiger partial charge in [-0.25, -0.2) is 4.68 Å². The zero-order valence-electron chi connectivity index (χ0n) is 17.6. The highest BCUT2D eigenvalue weighted by molar-refractivity contribution is 5.85. The molecule has 0 amide bonds. The number of rotatable bonds is 5. The van der Waals surface area contributed by atoms with Crippen LogP contribution in [0.25, 0.3) is 10.9 Å². The van der Waals surface area contributed by atoms with Crippen LogP contribution in [0.3, 0.4) is 0 Å². The van der Waals surface area contributed by atoms with Gasteiger partial charge in [0.2, 0.25) is 0 Å². The van der Waals surface area contributed by atoms with E-state index in [0.717, 1.165) is 27.8 Å². The van der Waals surface area contributed by atoms with Crippen LogP contribution >= 0.6 is 0 Å². The van der Waals surface area contributed by atoms with Gasteiger partial charge in [0.05, 0.1) is 16.1 Å². The zero-order valence-corrected chi connectivity index (χ0v) is 17.6. The number of nitrogens with zero attached hydrogens (tertiary/aromatic N) is 3. The Morgan fingerprint density at radius 1 is 0.750 bits per heavy atom. The van der Waals surface area contributed by atoms with E-state index in [1.54, 1.807) is 12.1 Å². The topological polar surface area (TPSA) is 61.0 Å². The van der Waals surface area contributed by atoms with Crippen molar-refractivity contribution in [2.24, 2.45) is 0 Å². The Balaban J connectivity index is 1.98. The van der Waals surface area contributed by atoms with Crippen molar-refractivity contribution in [2.45, 2.75) is 12.5 Å². The summed E-state index contributed by atoms with van der Waals surface area (Å²) in [6.07, 6.45) is 0. The van der Waals surface area contributed by atoms with Crippen LogP contribution < -0.4 is 0 Å². The number of aryl methyl sites for hydroxylation is 1. The van der Waals surface area contributed by atoms with E-state index >= 15 is 0 Å². The number of non-ortho nitro benzene ring substituents is 1. The molecule has 0 saturated carbocycles. The lowest BCUT2D eigenvalue weighted by Crippen LogP contribution is -2.38. The van der Waals surface area contributed by atoms with Crippen molar-refractivity contribution in [3.05, 3.63) is 142 Å². The van der Waals surface area contributed by atoms with Crippen molar-refractivity contribution in [3.8, 4) is 0 Å². The second-order valence-electron chi connectivity index (χ2n) is 7.76. The summed E-state index contributed by atoms with van der Waals surface area (Å²) in [4.78, 5) is 11.2. The van der Waals surface area contributed by atoms with Gasteiger partial charge in [0.25, 0.3) is 5.69 Å². The van der Waals surface area contributed by atoms with E-state index in [1.165, 1.54) is 6.07 Å². The van der Waals surface area contributed by atoms with Gasteiger partial charge in [-0.15, -0.1) is 0 Å². The number of fused-ring (bicyclic) bond motifs is 1. The van der Waals surface area contributed by atoms with Crippen LogP contribution in [0.2, 0.25) is 0 Å². The number of hydrogen-bond donors (Lipinski definition) is 0. The second-order valence-corrected chi connectivity index (χ2v) is 7.76. The Kier molecular flexibility index (Phi) is 4.79. The van der Waals surface area contributed by atoms with E-state index in [0.29, 0.717) is 5.52 Å². The van der Waals surface area contributed by atoms with E-state index in [1.807, 2.05) is 66.2 Å². The second kappa shape index (κ2) is 7.78. The molecule has 0 fully saturated rings. The standard InChI is InChI=1S/C27H21N3O2/c1-20-25-18-17-24(30(31)32)19-26(25)29(28-20)27(21-11-5-2-6-12-21,22-13-7-3-8-14-22)23-15-9-4-10-16-23/h2-19H,1H3. The summed E-state index contributed by atoms with van der Waals surface area (Å²) in [6, 6.07) is 35.5. The average molecular weight is 419 g/mol. The van der Waals surface area contributed by atoms with Crippen LogP contribution in [0.4, 0.5) is 5.69 Å². The molecule has 4 aromatic carbocycles. The molecule has 0 aliphatic heterocycles. The maximum atomic E-state index is 11.6. The van der Waals surface area contributed by atoms with Gasteiger partial charge < -0.3 is 0 Å².